The number of methoxy groups -OCH3 is 2. The molecular weight excluding hydrogens is 166 g/mol. The maximum atomic E-state index is 4.93. The van der Waals surface area contributed by atoms with Gasteiger partial charge in [0.1, 0.15) is 13.1 Å². The lowest BCUT2D eigenvalue weighted by Crippen LogP contribution is -3.10. The van der Waals surface area contributed by atoms with E-state index in [1.807, 2.05) is 0 Å². The third-order valence-corrected chi connectivity index (χ3v) is 1.47. The summed E-state index contributed by atoms with van der Waals surface area (Å²) in [5.74, 6) is 0. The molecule has 4 heteroatoms. The van der Waals surface area contributed by atoms with Crippen molar-refractivity contribution in [2.45, 2.75) is 0 Å². The molecule has 1 N–H and O–H groups in total. The van der Waals surface area contributed by atoms with Gasteiger partial charge >= 0.3 is 0 Å². The molecular formula is C7H18ClNO2. The first-order valence-corrected chi connectivity index (χ1v) is 3.60. The van der Waals surface area contributed by atoms with E-state index in [0.29, 0.717) is 0 Å². The smallest absolute Gasteiger partial charge is 0.101 e. The zero-order valence-corrected chi connectivity index (χ0v) is 8.28. The number of hydrogen-bond donors (Lipinski definition) is 1. The minimum absolute atomic E-state index is 0. The van der Waals surface area contributed by atoms with Crippen LogP contribution in [0.15, 0.2) is 0 Å². The van der Waals surface area contributed by atoms with E-state index in [-0.39, 0.29) is 12.4 Å². The molecule has 0 unspecified atom stereocenters. The standard InChI is InChI=1S/C7H17NO2.ClH/c1-8(4-6-9-2)5-7-10-3;/h4-7H2,1-3H3;1H. The molecule has 0 fully saturated rings. The van der Waals surface area contributed by atoms with Gasteiger partial charge in [0.15, 0.2) is 0 Å². The summed E-state index contributed by atoms with van der Waals surface area (Å²) in [6, 6.07) is 0. The summed E-state index contributed by atoms with van der Waals surface area (Å²) in [4.78, 5) is 1.45. The van der Waals surface area contributed by atoms with Crippen molar-refractivity contribution in [2.75, 3.05) is 47.6 Å². The normalized spacial score (nSPS) is 9.82. The summed E-state index contributed by atoms with van der Waals surface area (Å²) in [7, 11) is 5.59. The minimum atomic E-state index is 0. The van der Waals surface area contributed by atoms with Gasteiger partial charge in [0, 0.05) is 14.2 Å². The summed E-state index contributed by atoms with van der Waals surface area (Å²) in [6.07, 6.45) is 0. The maximum absolute atomic E-state index is 4.93. The third kappa shape index (κ3) is 10.2. The van der Waals surface area contributed by atoms with Gasteiger partial charge < -0.3 is 26.8 Å². The first-order valence-electron chi connectivity index (χ1n) is 3.60. The van der Waals surface area contributed by atoms with E-state index < -0.39 is 0 Å². The minimum Gasteiger partial charge on any atom is -1.00 e. The van der Waals surface area contributed by atoms with Gasteiger partial charge in [0.2, 0.25) is 0 Å². The number of rotatable bonds is 6. The number of likely N-dealkylation sites (N-methyl/N-ethyl adjacent to an activating group) is 1. The summed E-state index contributed by atoms with van der Waals surface area (Å²) >= 11 is 0. The molecule has 0 radical (unpaired) electrons. The van der Waals surface area contributed by atoms with Gasteiger partial charge in [-0.15, -0.1) is 0 Å². The summed E-state index contributed by atoms with van der Waals surface area (Å²) in [6.45, 7) is 3.77. The van der Waals surface area contributed by atoms with E-state index in [1.54, 1.807) is 14.2 Å². The van der Waals surface area contributed by atoms with Crippen LogP contribution in [0.4, 0.5) is 0 Å². The average molecular weight is 184 g/mol. The SMILES string of the molecule is COCC[NH+](C)CCOC.[Cl-]. The predicted molar refractivity (Wildman–Crippen MR) is 40.4 cm³/mol. The average Bonchev–Trinajstić information content (AvgIpc) is 1.97. The van der Waals surface area contributed by atoms with Crippen LogP contribution in [0.5, 0.6) is 0 Å². The number of halogens is 1. The van der Waals surface area contributed by atoms with Crippen LogP contribution >= 0.6 is 0 Å². The fourth-order valence-corrected chi connectivity index (χ4v) is 0.678. The summed E-state index contributed by atoms with van der Waals surface area (Å²) < 4.78 is 9.86. The highest BCUT2D eigenvalue weighted by molar-refractivity contribution is 4.24. The Morgan fingerprint density at radius 1 is 1.00 bits per heavy atom. The van der Waals surface area contributed by atoms with Gasteiger partial charge in [0.05, 0.1) is 20.3 Å². The van der Waals surface area contributed by atoms with E-state index in [9.17, 15) is 0 Å². The van der Waals surface area contributed by atoms with Crippen LogP contribution in [0, 0.1) is 0 Å². The highest BCUT2D eigenvalue weighted by atomic mass is 35.5. The Labute approximate surface area is 75.1 Å². The quantitative estimate of drug-likeness (QED) is 0.452. The Balaban J connectivity index is 0. The summed E-state index contributed by atoms with van der Waals surface area (Å²) in [5, 5.41) is 0. The molecule has 0 bridgehead atoms. The Morgan fingerprint density at radius 2 is 1.36 bits per heavy atom. The molecule has 0 aliphatic carbocycles. The molecule has 0 aromatic carbocycles. The van der Waals surface area contributed by atoms with Gasteiger partial charge in [-0.3, -0.25) is 0 Å². The van der Waals surface area contributed by atoms with Crippen molar-refractivity contribution in [3.63, 3.8) is 0 Å². The van der Waals surface area contributed by atoms with Crippen LogP contribution in [-0.4, -0.2) is 47.6 Å². The molecule has 0 atom stereocenters. The molecule has 11 heavy (non-hydrogen) atoms. The van der Waals surface area contributed by atoms with Crippen LogP contribution in [0.2, 0.25) is 0 Å². The van der Waals surface area contributed by atoms with Crippen molar-refractivity contribution in [3.8, 4) is 0 Å². The first-order chi connectivity index (χ1) is 4.81. The largest absolute Gasteiger partial charge is 1.00 e. The molecule has 0 amide bonds. The summed E-state index contributed by atoms with van der Waals surface area (Å²) in [5.41, 5.74) is 0. The molecule has 0 saturated carbocycles. The van der Waals surface area contributed by atoms with Crippen LogP contribution in [0.3, 0.4) is 0 Å². The molecule has 3 nitrogen and oxygen atoms in total. The lowest BCUT2D eigenvalue weighted by atomic mass is 10.5. The van der Waals surface area contributed by atoms with Crippen molar-refractivity contribution >= 4 is 0 Å². The first kappa shape index (κ1) is 13.7. The van der Waals surface area contributed by atoms with E-state index in [1.165, 1.54) is 4.90 Å². The highest BCUT2D eigenvalue weighted by Crippen LogP contribution is 1.60. The Bertz CT molecular complexity index is 65.5. The van der Waals surface area contributed by atoms with Crippen LogP contribution in [0.25, 0.3) is 0 Å². The molecule has 70 valence electrons. The Kier molecular flexibility index (Phi) is 12.7. The molecule has 0 aromatic heterocycles. The zero-order chi connectivity index (χ0) is 7.82. The number of hydrogen-bond acceptors (Lipinski definition) is 2. The van der Waals surface area contributed by atoms with Crippen molar-refractivity contribution in [1.29, 1.82) is 0 Å². The molecule has 0 heterocycles. The molecule has 0 saturated heterocycles. The lowest BCUT2D eigenvalue weighted by molar-refractivity contribution is -0.880. The zero-order valence-electron chi connectivity index (χ0n) is 7.52. The number of quaternary nitrogens is 1. The molecule has 0 aromatic rings. The van der Waals surface area contributed by atoms with E-state index >= 15 is 0 Å². The van der Waals surface area contributed by atoms with Crippen LogP contribution in [0.1, 0.15) is 0 Å². The number of ether oxygens (including phenoxy) is 2. The molecule has 0 rings (SSSR count). The third-order valence-electron chi connectivity index (χ3n) is 1.47. The van der Waals surface area contributed by atoms with Gasteiger partial charge in [-0.2, -0.15) is 0 Å². The monoisotopic (exact) mass is 183 g/mol. The van der Waals surface area contributed by atoms with Crippen molar-refractivity contribution in [2.24, 2.45) is 0 Å². The molecule has 0 aliphatic rings. The van der Waals surface area contributed by atoms with Gasteiger partial charge in [-0.05, 0) is 0 Å². The fourth-order valence-electron chi connectivity index (χ4n) is 0.678. The lowest BCUT2D eigenvalue weighted by Gasteiger charge is -2.11. The van der Waals surface area contributed by atoms with E-state index in [2.05, 4.69) is 7.05 Å². The second-order valence-electron chi connectivity index (χ2n) is 2.44. The topological polar surface area (TPSA) is 22.9 Å². The predicted octanol–water partition coefficient (Wildman–Crippen LogP) is -4.20. The van der Waals surface area contributed by atoms with Gasteiger partial charge in [-0.1, -0.05) is 0 Å². The molecule has 0 spiro atoms. The maximum Gasteiger partial charge on any atom is 0.101 e. The Morgan fingerprint density at radius 3 is 1.64 bits per heavy atom. The second-order valence-corrected chi connectivity index (χ2v) is 2.44. The van der Waals surface area contributed by atoms with Crippen molar-refractivity contribution in [3.05, 3.63) is 0 Å². The molecule has 0 aliphatic heterocycles. The van der Waals surface area contributed by atoms with E-state index in [4.69, 9.17) is 9.47 Å². The number of nitrogens with one attached hydrogen (secondary N) is 1. The highest BCUT2D eigenvalue weighted by Gasteiger charge is 1.98. The van der Waals surface area contributed by atoms with Crippen LogP contribution < -0.4 is 17.3 Å². The fraction of sp³-hybridized carbons (Fsp3) is 1.00. The van der Waals surface area contributed by atoms with Crippen molar-refractivity contribution in [1.82, 2.24) is 0 Å². The van der Waals surface area contributed by atoms with Gasteiger partial charge in [0.25, 0.3) is 0 Å². The second kappa shape index (κ2) is 10.2. The van der Waals surface area contributed by atoms with Gasteiger partial charge in [-0.25, -0.2) is 0 Å². The van der Waals surface area contributed by atoms with Crippen molar-refractivity contribution < 1.29 is 26.8 Å². The van der Waals surface area contributed by atoms with E-state index in [0.717, 1.165) is 26.3 Å². The van der Waals surface area contributed by atoms with Crippen LogP contribution in [-0.2, 0) is 9.47 Å². The Hall–Kier alpha value is 0.170.